The predicted molar refractivity (Wildman–Crippen MR) is 112 cm³/mol. The van der Waals surface area contributed by atoms with E-state index in [4.69, 9.17) is 4.74 Å². The fraction of sp³-hybridized carbons (Fsp3) is 0.318. The van der Waals surface area contributed by atoms with Crippen LogP contribution in [0.2, 0.25) is 0 Å². The van der Waals surface area contributed by atoms with E-state index in [0.717, 1.165) is 12.8 Å². The number of benzene rings is 2. The van der Waals surface area contributed by atoms with Crippen LogP contribution in [-0.2, 0) is 15.2 Å². The number of anilines is 1. The van der Waals surface area contributed by atoms with Gasteiger partial charge in [-0.3, -0.25) is 15.0 Å². The molecule has 160 valence electrons. The number of nitrogens with zero attached hydrogens (tertiary/aromatic N) is 2. The zero-order valence-electron chi connectivity index (χ0n) is 16.9. The molecule has 2 unspecified atom stereocenters. The Labute approximate surface area is 178 Å². The second-order valence-corrected chi connectivity index (χ2v) is 7.70. The molecule has 3 aromatic rings. The fourth-order valence-corrected chi connectivity index (χ4v) is 4.36. The van der Waals surface area contributed by atoms with Gasteiger partial charge in [0.05, 0.1) is 30.8 Å². The van der Waals surface area contributed by atoms with Crippen LogP contribution in [0.3, 0.4) is 0 Å². The largest absolute Gasteiger partial charge is 0.453 e. The van der Waals surface area contributed by atoms with E-state index in [9.17, 15) is 14.7 Å². The first-order valence-electron chi connectivity index (χ1n) is 10.1. The summed E-state index contributed by atoms with van der Waals surface area (Å²) in [6.45, 7) is 0.949. The number of aromatic nitrogens is 2. The molecule has 2 aliphatic heterocycles. The molecule has 2 atom stereocenters. The lowest BCUT2D eigenvalue weighted by molar-refractivity contribution is -0.0673. The van der Waals surface area contributed by atoms with Crippen LogP contribution in [0.5, 0.6) is 0 Å². The number of aromatic amines is 1. The average molecular weight is 422 g/mol. The lowest BCUT2D eigenvalue weighted by atomic mass is 9.93. The number of hydrogen-bond acceptors (Lipinski definition) is 6. The van der Waals surface area contributed by atoms with Crippen LogP contribution >= 0.6 is 0 Å². The highest BCUT2D eigenvalue weighted by Gasteiger charge is 2.50. The minimum atomic E-state index is -1.65. The number of imidazole rings is 1. The normalized spacial score (nSPS) is 22.7. The lowest BCUT2D eigenvalue weighted by Gasteiger charge is -2.36. The van der Waals surface area contributed by atoms with Crippen molar-refractivity contribution in [2.75, 3.05) is 25.6 Å². The monoisotopic (exact) mass is 422 g/mol. The van der Waals surface area contributed by atoms with E-state index >= 15 is 0 Å². The van der Waals surface area contributed by atoms with Crippen molar-refractivity contribution >= 4 is 29.0 Å². The number of ether oxygens (including phenoxy) is 2. The zero-order chi connectivity index (χ0) is 21.6. The Kier molecular flexibility index (Phi) is 4.64. The molecule has 2 amide bonds. The van der Waals surface area contributed by atoms with E-state index in [1.807, 2.05) is 0 Å². The number of aliphatic hydroxyl groups is 1. The molecule has 0 radical (unpaired) electrons. The van der Waals surface area contributed by atoms with E-state index in [2.05, 4.69) is 20.0 Å². The van der Waals surface area contributed by atoms with Crippen molar-refractivity contribution in [2.24, 2.45) is 0 Å². The van der Waals surface area contributed by atoms with Gasteiger partial charge in [-0.2, -0.15) is 0 Å². The third-order valence-electron chi connectivity index (χ3n) is 5.87. The summed E-state index contributed by atoms with van der Waals surface area (Å²) >= 11 is 0. The Morgan fingerprint density at radius 2 is 2.23 bits per heavy atom. The lowest BCUT2D eigenvalue weighted by Crippen LogP contribution is -2.48. The third kappa shape index (κ3) is 3.13. The molecule has 9 heteroatoms. The molecular weight excluding hydrogens is 400 g/mol. The molecule has 3 N–H and O–H groups in total. The molecule has 1 aromatic heterocycles. The number of nitrogens with one attached hydrogen (secondary N) is 2. The summed E-state index contributed by atoms with van der Waals surface area (Å²) in [6.07, 6.45) is 1.02. The highest BCUT2D eigenvalue weighted by molar-refractivity contribution is 6.00. The van der Waals surface area contributed by atoms with Crippen LogP contribution in [0.1, 0.15) is 34.3 Å². The second kappa shape index (κ2) is 7.36. The Morgan fingerprint density at radius 3 is 3.00 bits per heavy atom. The van der Waals surface area contributed by atoms with Gasteiger partial charge in [-0.25, -0.2) is 9.78 Å². The van der Waals surface area contributed by atoms with E-state index in [0.29, 0.717) is 34.3 Å². The van der Waals surface area contributed by atoms with Crippen molar-refractivity contribution in [3.8, 4) is 0 Å². The van der Waals surface area contributed by atoms with E-state index in [1.165, 1.54) is 12.0 Å². The Balaban J connectivity index is 1.58. The van der Waals surface area contributed by atoms with Crippen LogP contribution in [0, 0.1) is 0 Å². The molecule has 1 fully saturated rings. The van der Waals surface area contributed by atoms with Crippen molar-refractivity contribution < 1.29 is 24.2 Å². The molecule has 9 nitrogen and oxygen atoms in total. The van der Waals surface area contributed by atoms with Gasteiger partial charge in [-0.1, -0.05) is 24.3 Å². The standard InChI is InChI=1S/C22H22N4O5/c1-30-21(28)25-20-23-17-9-8-13(11-18(17)24-20)22(29)16-7-3-2-6-15(16)19(27)26(22)12-14-5-4-10-31-14/h2-3,6-9,11,14,29H,4-5,10,12H2,1H3,(H2,23,24,25,28). The number of hydrogen-bond donors (Lipinski definition) is 3. The van der Waals surface area contributed by atoms with Gasteiger partial charge in [0.15, 0.2) is 5.72 Å². The summed E-state index contributed by atoms with van der Waals surface area (Å²) in [6, 6.07) is 12.3. The van der Waals surface area contributed by atoms with Gasteiger partial charge in [-0.15, -0.1) is 0 Å². The van der Waals surface area contributed by atoms with Crippen LogP contribution in [-0.4, -0.2) is 58.3 Å². The molecular formula is C22H22N4O5. The molecule has 31 heavy (non-hydrogen) atoms. The maximum absolute atomic E-state index is 13.2. The summed E-state index contributed by atoms with van der Waals surface area (Å²) in [5.74, 6) is -0.00567. The van der Waals surface area contributed by atoms with E-state index in [1.54, 1.807) is 42.5 Å². The van der Waals surface area contributed by atoms with Gasteiger partial charge in [0, 0.05) is 23.3 Å². The van der Waals surface area contributed by atoms with Gasteiger partial charge in [-0.05, 0) is 31.0 Å². The van der Waals surface area contributed by atoms with Crippen LogP contribution < -0.4 is 5.32 Å². The van der Waals surface area contributed by atoms with Gasteiger partial charge < -0.3 is 19.6 Å². The number of carbonyl (C=O) groups excluding carboxylic acids is 2. The molecule has 2 aromatic carbocycles. The number of H-pyrrole nitrogens is 1. The van der Waals surface area contributed by atoms with Crippen molar-refractivity contribution in [1.29, 1.82) is 0 Å². The van der Waals surface area contributed by atoms with Gasteiger partial charge in [0.1, 0.15) is 0 Å². The number of rotatable bonds is 4. The summed E-state index contributed by atoms with van der Waals surface area (Å²) in [5.41, 5.74) is 1.06. The minimum Gasteiger partial charge on any atom is -0.453 e. The SMILES string of the molecule is COC(=O)Nc1nc2cc(C3(O)c4ccccc4C(=O)N3CC3CCCO3)ccc2[nH]1. The Hall–Kier alpha value is -3.43. The summed E-state index contributed by atoms with van der Waals surface area (Å²) in [5, 5.41) is 14.5. The van der Waals surface area contributed by atoms with Crippen molar-refractivity contribution in [3.63, 3.8) is 0 Å². The molecule has 5 rings (SSSR count). The zero-order valence-corrected chi connectivity index (χ0v) is 16.9. The van der Waals surface area contributed by atoms with E-state index in [-0.39, 0.29) is 24.5 Å². The maximum atomic E-state index is 13.2. The fourth-order valence-electron chi connectivity index (χ4n) is 4.36. The summed E-state index contributed by atoms with van der Waals surface area (Å²) < 4.78 is 10.3. The van der Waals surface area contributed by atoms with Crippen LogP contribution in [0.4, 0.5) is 10.7 Å². The molecule has 2 aliphatic rings. The van der Waals surface area contributed by atoms with Crippen molar-refractivity contribution in [1.82, 2.24) is 14.9 Å². The van der Waals surface area contributed by atoms with E-state index < -0.39 is 11.8 Å². The quantitative estimate of drug-likeness (QED) is 0.595. The number of fused-ring (bicyclic) bond motifs is 2. The molecule has 0 bridgehead atoms. The van der Waals surface area contributed by atoms with Crippen molar-refractivity contribution in [2.45, 2.75) is 24.7 Å². The maximum Gasteiger partial charge on any atom is 0.413 e. The highest BCUT2D eigenvalue weighted by Crippen LogP contribution is 2.43. The molecule has 0 spiro atoms. The van der Waals surface area contributed by atoms with Crippen LogP contribution in [0.15, 0.2) is 42.5 Å². The minimum absolute atomic E-state index is 0.116. The average Bonchev–Trinajstić information content (AvgIpc) is 3.49. The highest BCUT2D eigenvalue weighted by atomic mass is 16.5. The molecule has 0 aliphatic carbocycles. The van der Waals surface area contributed by atoms with Crippen molar-refractivity contribution in [3.05, 3.63) is 59.2 Å². The van der Waals surface area contributed by atoms with Gasteiger partial charge in [0.2, 0.25) is 5.95 Å². The topological polar surface area (TPSA) is 117 Å². The van der Waals surface area contributed by atoms with Gasteiger partial charge in [0.25, 0.3) is 5.91 Å². The first-order chi connectivity index (χ1) is 15.0. The number of amides is 2. The smallest absolute Gasteiger partial charge is 0.413 e. The number of carbonyl (C=O) groups is 2. The first-order valence-corrected chi connectivity index (χ1v) is 10.1. The molecule has 0 saturated carbocycles. The summed E-state index contributed by atoms with van der Waals surface area (Å²) in [7, 11) is 1.27. The predicted octanol–water partition coefficient (Wildman–Crippen LogP) is 2.57. The number of methoxy groups -OCH3 is 1. The second-order valence-electron chi connectivity index (χ2n) is 7.70. The molecule has 3 heterocycles. The first kappa shape index (κ1) is 19.5. The Bertz CT molecular complexity index is 1170. The summed E-state index contributed by atoms with van der Waals surface area (Å²) in [4.78, 5) is 33.5. The van der Waals surface area contributed by atoms with Gasteiger partial charge >= 0.3 is 6.09 Å². The molecule has 1 saturated heterocycles. The third-order valence-corrected chi connectivity index (χ3v) is 5.87. The van der Waals surface area contributed by atoms with Crippen LogP contribution in [0.25, 0.3) is 11.0 Å². The Morgan fingerprint density at radius 1 is 1.39 bits per heavy atom.